The van der Waals surface area contributed by atoms with Crippen molar-refractivity contribution in [3.63, 3.8) is 0 Å². The number of nitrogens with zero attached hydrogens (tertiary/aromatic N) is 1. The summed E-state index contributed by atoms with van der Waals surface area (Å²) in [4.78, 5) is 8.42. The minimum Gasteiger partial charge on any atom is -0.376 e. The molecule has 0 bridgehead atoms. The third-order valence-electron chi connectivity index (χ3n) is 3.79. The summed E-state index contributed by atoms with van der Waals surface area (Å²) < 4.78 is 5.85. The fourth-order valence-electron chi connectivity index (χ4n) is 2.26. The summed E-state index contributed by atoms with van der Waals surface area (Å²) in [5.41, 5.74) is 4.39. The van der Waals surface area contributed by atoms with Gasteiger partial charge in [0.15, 0.2) is 0 Å². The molecule has 0 aromatic carbocycles. The predicted molar refractivity (Wildman–Crippen MR) is 89.1 cm³/mol. The van der Waals surface area contributed by atoms with Gasteiger partial charge in [0, 0.05) is 33.6 Å². The minimum atomic E-state index is 0.726. The first-order valence-electron chi connectivity index (χ1n) is 7.50. The van der Waals surface area contributed by atoms with E-state index in [1.165, 1.54) is 33.0 Å². The molecule has 0 saturated heterocycles. The van der Waals surface area contributed by atoms with Crippen molar-refractivity contribution < 1.29 is 4.74 Å². The van der Waals surface area contributed by atoms with Crippen LogP contribution < -0.4 is 5.32 Å². The monoisotopic (exact) mass is 322 g/mol. The topological polar surface area (TPSA) is 34.1 Å². The Hall–Kier alpha value is -0.750. The third-order valence-corrected chi connectivity index (χ3v) is 5.88. The Labute approximate surface area is 134 Å². The maximum Gasteiger partial charge on any atom is 0.0797 e. The molecule has 1 aliphatic rings. The van der Waals surface area contributed by atoms with E-state index >= 15 is 0 Å². The molecule has 2 aromatic rings. The summed E-state index contributed by atoms with van der Waals surface area (Å²) in [5.74, 6) is 0. The maximum absolute atomic E-state index is 5.85. The van der Waals surface area contributed by atoms with Gasteiger partial charge in [-0.1, -0.05) is 0 Å². The van der Waals surface area contributed by atoms with Gasteiger partial charge in [0.2, 0.25) is 0 Å². The van der Waals surface area contributed by atoms with Crippen LogP contribution in [0.5, 0.6) is 0 Å². The van der Waals surface area contributed by atoms with Gasteiger partial charge in [-0.2, -0.15) is 0 Å². The normalized spacial score (nSPS) is 14.8. The second-order valence-corrected chi connectivity index (χ2v) is 7.89. The Bertz CT molecular complexity index is 587. The average molecular weight is 322 g/mol. The second-order valence-electron chi connectivity index (χ2n) is 5.61. The van der Waals surface area contributed by atoms with Gasteiger partial charge in [-0.3, -0.25) is 0 Å². The van der Waals surface area contributed by atoms with E-state index in [0.717, 1.165) is 37.9 Å². The van der Waals surface area contributed by atoms with Gasteiger partial charge >= 0.3 is 0 Å². The van der Waals surface area contributed by atoms with Crippen LogP contribution >= 0.6 is 22.7 Å². The van der Waals surface area contributed by atoms with Crippen molar-refractivity contribution in [1.82, 2.24) is 10.3 Å². The van der Waals surface area contributed by atoms with E-state index in [-0.39, 0.29) is 0 Å². The van der Waals surface area contributed by atoms with Crippen molar-refractivity contribution in [2.45, 2.75) is 52.3 Å². The Morgan fingerprint density at radius 1 is 1.38 bits per heavy atom. The third kappa shape index (κ3) is 4.36. The first kappa shape index (κ1) is 15.2. The quantitative estimate of drug-likeness (QED) is 0.750. The van der Waals surface area contributed by atoms with Crippen LogP contribution in [-0.4, -0.2) is 17.6 Å². The number of aryl methyl sites for hydroxylation is 2. The largest absolute Gasteiger partial charge is 0.376 e. The highest BCUT2D eigenvalue weighted by Gasteiger charge is 2.20. The molecule has 2 aromatic heterocycles. The van der Waals surface area contributed by atoms with E-state index in [1.807, 2.05) is 16.8 Å². The predicted octanol–water partition coefficient (Wildman–Crippen LogP) is 3.83. The van der Waals surface area contributed by atoms with Crippen LogP contribution in [0.1, 0.15) is 38.7 Å². The van der Waals surface area contributed by atoms with E-state index < -0.39 is 0 Å². The molecule has 0 radical (unpaired) electrons. The highest BCUT2D eigenvalue weighted by molar-refractivity contribution is 7.12. The average Bonchev–Trinajstić information content (AvgIpc) is 3.11. The van der Waals surface area contributed by atoms with Gasteiger partial charge in [0.1, 0.15) is 0 Å². The highest BCUT2D eigenvalue weighted by Crippen LogP contribution is 2.25. The molecule has 0 unspecified atom stereocenters. The van der Waals surface area contributed by atoms with Crippen molar-refractivity contribution >= 4 is 22.7 Å². The standard InChI is InChI=1S/C16H22N2OS2/c1-11-16(20-10-18-11)5-6-19-9-13-7-15(21-12(13)2)8-17-14-3-4-14/h7,10,14,17H,3-6,8-9H2,1-2H3. The molecule has 3 nitrogen and oxygen atoms in total. The number of nitrogens with one attached hydrogen (secondary N) is 1. The zero-order valence-corrected chi connectivity index (χ0v) is 14.3. The number of rotatable bonds is 8. The number of hydrogen-bond acceptors (Lipinski definition) is 5. The molecule has 1 fully saturated rings. The molecule has 0 spiro atoms. The number of hydrogen-bond donors (Lipinski definition) is 1. The van der Waals surface area contributed by atoms with Gasteiger partial charge in [-0.15, -0.1) is 22.7 Å². The molecular formula is C16H22N2OS2. The van der Waals surface area contributed by atoms with Crippen molar-refractivity contribution in [3.8, 4) is 0 Å². The molecule has 3 rings (SSSR count). The molecule has 21 heavy (non-hydrogen) atoms. The smallest absolute Gasteiger partial charge is 0.0797 e. The Morgan fingerprint density at radius 3 is 2.95 bits per heavy atom. The van der Waals surface area contributed by atoms with Crippen molar-refractivity contribution in [1.29, 1.82) is 0 Å². The van der Waals surface area contributed by atoms with Crippen molar-refractivity contribution in [2.24, 2.45) is 0 Å². The lowest BCUT2D eigenvalue weighted by Crippen LogP contribution is -2.14. The van der Waals surface area contributed by atoms with Crippen LogP contribution in [-0.2, 0) is 24.3 Å². The van der Waals surface area contributed by atoms with Crippen LogP contribution in [0.25, 0.3) is 0 Å². The van der Waals surface area contributed by atoms with Gasteiger partial charge in [0.25, 0.3) is 0 Å². The van der Waals surface area contributed by atoms with E-state index in [0.29, 0.717) is 0 Å². The van der Waals surface area contributed by atoms with Crippen LogP contribution in [0.4, 0.5) is 0 Å². The molecule has 0 amide bonds. The van der Waals surface area contributed by atoms with E-state index in [4.69, 9.17) is 4.74 Å². The molecule has 114 valence electrons. The molecule has 5 heteroatoms. The molecular weight excluding hydrogens is 300 g/mol. The summed E-state index contributed by atoms with van der Waals surface area (Å²) >= 11 is 3.61. The summed E-state index contributed by atoms with van der Waals surface area (Å²) in [5, 5.41) is 3.57. The van der Waals surface area contributed by atoms with Crippen molar-refractivity contribution in [2.75, 3.05) is 6.61 Å². The Balaban J connectivity index is 1.42. The first-order chi connectivity index (χ1) is 10.2. The zero-order valence-electron chi connectivity index (χ0n) is 12.6. The van der Waals surface area contributed by atoms with E-state index in [9.17, 15) is 0 Å². The minimum absolute atomic E-state index is 0.726. The SMILES string of the molecule is Cc1ncsc1CCOCc1cc(CNC2CC2)sc1C. The number of ether oxygens (including phenoxy) is 1. The summed E-state index contributed by atoms with van der Waals surface area (Å²) in [7, 11) is 0. The number of thiophene rings is 1. The van der Waals surface area contributed by atoms with E-state index in [1.54, 1.807) is 11.3 Å². The first-order valence-corrected chi connectivity index (χ1v) is 9.20. The van der Waals surface area contributed by atoms with Crippen LogP contribution in [0.15, 0.2) is 11.6 Å². The lowest BCUT2D eigenvalue weighted by atomic mass is 10.2. The zero-order chi connectivity index (χ0) is 14.7. The molecule has 1 aliphatic carbocycles. The molecule has 1 N–H and O–H groups in total. The lowest BCUT2D eigenvalue weighted by molar-refractivity contribution is 0.124. The fraction of sp³-hybridized carbons (Fsp3) is 0.562. The molecule has 0 aliphatic heterocycles. The number of thiazole rings is 1. The van der Waals surface area contributed by atoms with Crippen LogP contribution in [0.3, 0.4) is 0 Å². The molecule has 2 heterocycles. The lowest BCUT2D eigenvalue weighted by Gasteiger charge is -2.03. The summed E-state index contributed by atoms with van der Waals surface area (Å²) in [6.07, 6.45) is 3.66. The van der Waals surface area contributed by atoms with Gasteiger partial charge < -0.3 is 10.1 Å². The van der Waals surface area contributed by atoms with Crippen LogP contribution in [0, 0.1) is 13.8 Å². The van der Waals surface area contributed by atoms with E-state index in [2.05, 4.69) is 30.2 Å². The van der Waals surface area contributed by atoms with Gasteiger partial charge in [0.05, 0.1) is 24.4 Å². The summed E-state index contributed by atoms with van der Waals surface area (Å²) in [6.45, 7) is 6.76. The number of aromatic nitrogens is 1. The second kappa shape index (κ2) is 7.01. The fourth-order valence-corrected chi connectivity index (χ4v) is 4.02. The maximum atomic E-state index is 5.85. The summed E-state index contributed by atoms with van der Waals surface area (Å²) in [6, 6.07) is 3.07. The molecule has 0 atom stereocenters. The Kier molecular flexibility index (Phi) is 5.06. The van der Waals surface area contributed by atoms with Gasteiger partial charge in [-0.05, 0) is 38.3 Å². The van der Waals surface area contributed by atoms with Crippen LogP contribution in [0.2, 0.25) is 0 Å². The Morgan fingerprint density at radius 2 is 2.24 bits per heavy atom. The van der Waals surface area contributed by atoms with Gasteiger partial charge in [-0.25, -0.2) is 4.98 Å². The highest BCUT2D eigenvalue weighted by atomic mass is 32.1. The molecule has 1 saturated carbocycles. The van der Waals surface area contributed by atoms with Crippen molar-refractivity contribution in [3.05, 3.63) is 37.5 Å².